The van der Waals surface area contributed by atoms with Crippen molar-refractivity contribution >= 4 is 29.2 Å². The average molecular weight is 390 g/mol. The first-order chi connectivity index (χ1) is 12.7. The molecule has 5 rings (SSSR count). The van der Waals surface area contributed by atoms with Crippen LogP contribution in [0.2, 0.25) is 0 Å². The summed E-state index contributed by atoms with van der Waals surface area (Å²) in [7, 11) is 0. The molecule has 1 amide bonds. The van der Waals surface area contributed by atoms with E-state index in [4.69, 9.17) is 0 Å². The maximum absolute atomic E-state index is 13.0. The highest BCUT2D eigenvalue weighted by Gasteiger charge is 2.39. The van der Waals surface area contributed by atoms with Crippen LogP contribution in [0.5, 0.6) is 0 Å². The third kappa shape index (κ3) is 3.26. The van der Waals surface area contributed by atoms with Crippen LogP contribution in [0.1, 0.15) is 47.3 Å². The molecule has 1 saturated carbocycles. The Labute approximate surface area is 165 Å². The lowest BCUT2D eigenvalue weighted by molar-refractivity contribution is 0.0462. The maximum Gasteiger partial charge on any atom is 0.253 e. The monoisotopic (exact) mass is 389 g/mol. The quantitative estimate of drug-likeness (QED) is 0.637. The largest absolute Gasteiger partial charge is 0.391 e. The van der Waals surface area contributed by atoms with Crippen molar-refractivity contribution in [3.8, 4) is 0 Å². The lowest BCUT2D eigenvalue weighted by atomic mass is 9.77. The van der Waals surface area contributed by atoms with Gasteiger partial charge >= 0.3 is 0 Å². The van der Waals surface area contributed by atoms with E-state index >= 15 is 0 Å². The lowest BCUT2D eigenvalue weighted by Crippen LogP contribution is -2.49. The molecule has 0 bridgehead atoms. The van der Waals surface area contributed by atoms with Crippen molar-refractivity contribution in [3.05, 3.63) is 35.0 Å². The highest BCUT2D eigenvalue weighted by atomic mass is 35.5. The molecule has 1 saturated heterocycles. The zero-order valence-electron chi connectivity index (χ0n) is 15.5. The second-order valence-corrected chi connectivity index (χ2v) is 8.31. The van der Waals surface area contributed by atoms with Crippen LogP contribution in [0, 0.1) is 11.8 Å². The van der Waals surface area contributed by atoms with Crippen molar-refractivity contribution in [3.63, 3.8) is 0 Å². The number of amides is 1. The number of hydrogen-bond donors (Lipinski definition) is 4. The van der Waals surface area contributed by atoms with Crippen molar-refractivity contribution in [2.75, 3.05) is 13.1 Å². The van der Waals surface area contributed by atoms with Crippen molar-refractivity contribution in [1.82, 2.24) is 15.6 Å². The van der Waals surface area contributed by atoms with Gasteiger partial charge in [-0.05, 0) is 75.1 Å². The number of nitrogens with one attached hydrogen (secondary N) is 3. The van der Waals surface area contributed by atoms with Gasteiger partial charge in [-0.2, -0.15) is 0 Å². The van der Waals surface area contributed by atoms with Gasteiger partial charge in [0.15, 0.2) is 0 Å². The Morgan fingerprint density at radius 2 is 1.89 bits per heavy atom. The number of aliphatic hydroxyl groups is 1. The Bertz CT molecular complexity index is 849. The summed E-state index contributed by atoms with van der Waals surface area (Å²) in [5.74, 6) is 1.05. The van der Waals surface area contributed by atoms with E-state index < -0.39 is 6.10 Å². The number of aliphatic hydroxyl groups excluding tert-OH is 1. The van der Waals surface area contributed by atoms with Crippen LogP contribution in [-0.4, -0.2) is 41.2 Å². The smallest absolute Gasteiger partial charge is 0.253 e. The van der Waals surface area contributed by atoms with Crippen molar-refractivity contribution in [2.45, 2.75) is 50.7 Å². The molecule has 5 nitrogen and oxygen atoms in total. The number of rotatable bonds is 2. The molecular weight excluding hydrogens is 362 g/mol. The highest BCUT2D eigenvalue weighted by molar-refractivity contribution is 6.07. The fourth-order valence-electron chi connectivity index (χ4n) is 5.32. The third-order valence-corrected chi connectivity index (χ3v) is 6.74. The molecule has 0 unspecified atom stereocenters. The zero-order valence-corrected chi connectivity index (χ0v) is 16.3. The molecule has 0 radical (unpaired) electrons. The molecule has 2 aromatic rings. The van der Waals surface area contributed by atoms with E-state index in [1.54, 1.807) is 0 Å². The molecular formula is C21H28ClN3O2. The van der Waals surface area contributed by atoms with E-state index in [0.29, 0.717) is 17.4 Å². The molecule has 1 aromatic carbocycles. The highest BCUT2D eigenvalue weighted by Crippen LogP contribution is 2.34. The molecule has 1 aromatic heterocycles. The summed E-state index contributed by atoms with van der Waals surface area (Å²) in [6, 6.07) is 5.85. The van der Waals surface area contributed by atoms with Gasteiger partial charge in [0.1, 0.15) is 0 Å². The van der Waals surface area contributed by atoms with Crippen LogP contribution in [0.4, 0.5) is 0 Å². The number of fused-ring (bicyclic) bond motifs is 4. The Balaban J connectivity index is 0.00000180. The summed E-state index contributed by atoms with van der Waals surface area (Å²) < 4.78 is 0. The first-order valence-corrected chi connectivity index (χ1v) is 10.0. The van der Waals surface area contributed by atoms with Crippen LogP contribution in [0.3, 0.4) is 0 Å². The molecule has 1 aliphatic heterocycles. The predicted octanol–water partition coefficient (Wildman–Crippen LogP) is 2.56. The zero-order chi connectivity index (χ0) is 17.7. The Hall–Kier alpha value is -1.56. The normalized spacial score (nSPS) is 29.7. The minimum Gasteiger partial charge on any atom is -0.391 e. The van der Waals surface area contributed by atoms with Crippen LogP contribution in [-0.2, 0) is 12.8 Å². The minimum atomic E-state index is -0.448. The summed E-state index contributed by atoms with van der Waals surface area (Å²) in [6.07, 6.45) is 5.80. The van der Waals surface area contributed by atoms with E-state index in [-0.39, 0.29) is 24.4 Å². The van der Waals surface area contributed by atoms with Crippen LogP contribution in [0.25, 0.3) is 10.9 Å². The number of benzene rings is 1. The van der Waals surface area contributed by atoms with Gasteiger partial charge < -0.3 is 20.7 Å². The first kappa shape index (κ1) is 18.8. The molecule has 146 valence electrons. The van der Waals surface area contributed by atoms with Gasteiger partial charge in [0.25, 0.3) is 5.91 Å². The molecule has 0 spiro atoms. The number of aromatic nitrogens is 1. The molecule has 27 heavy (non-hydrogen) atoms. The molecule has 3 aliphatic rings. The molecule has 4 N–H and O–H groups in total. The SMILES string of the molecule is Cl.O=C(N[C@H]1C[C@H]2CNC[C@H]2C[C@@H]1O)c1cccc2c3c([nH]c12)CCCC3. The predicted molar refractivity (Wildman–Crippen MR) is 109 cm³/mol. The van der Waals surface area contributed by atoms with Crippen molar-refractivity contribution in [1.29, 1.82) is 0 Å². The van der Waals surface area contributed by atoms with Gasteiger partial charge in [-0.3, -0.25) is 4.79 Å². The number of H-pyrrole nitrogens is 1. The van der Waals surface area contributed by atoms with E-state index in [1.165, 1.54) is 29.5 Å². The Kier molecular flexibility index (Phi) is 5.19. The fourth-order valence-corrected chi connectivity index (χ4v) is 5.32. The van der Waals surface area contributed by atoms with Gasteiger partial charge in [0.2, 0.25) is 0 Å². The van der Waals surface area contributed by atoms with Crippen molar-refractivity contribution in [2.24, 2.45) is 11.8 Å². The molecule has 2 aliphatic carbocycles. The number of hydrogen-bond acceptors (Lipinski definition) is 3. The fraction of sp³-hybridized carbons (Fsp3) is 0.571. The van der Waals surface area contributed by atoms with Crippen LogP contribution < -0.4 is 10.6 Å². The average Bonchev–Trinajstić information content (AvgIpc) is 3.25. The summed E-state index contributed by atoms with van der Waals surface area (Å²) in [5, 5.41) is 18.2. The van der Waals surface area contributed by atoms with E-state index in [2.05, 4.69) is 21.7 Å². The number of aryl methyl sites for hydroxylation is 2. The van der Waals surface area contributed by atoms with Gasteiger partial charge in [-0.25, -0.2) is 0 Å². The van der Waals surface area contributed by atoms with Crippen LogP contribution in [0.15, 0.2) is 18.2 Å². The van der Waals surface area contributed by atoms with Gasteiger partial charge in [0, 0.05) is 11.1 Å². The maximum atomic E-state index is 13.0. The minimum absolute atomic E-state index is 0. The second kappa shape index (κ2) is 7.46. The number of aromatic amines is 1. The number of para-hydroxylation sites is 1. The Morgan fingerprint density at radius 1 is 1.11 bits per heavy atom. The summed E-state index contributed by atoms with van der Waals surface area (Å²) in [5.41, 5.74) is 4.35. The van der Waals surface area contributed by atoms with Crippen LogP contribution >= 0.6 is 12.4 Å². The molecule has 4 atom stereocenters. The number of carbonyl (C=O) groups is 1. The topological polar surface area (TPSA) is 77.2 Å². The molecule has 6 heteroatoms. The number of carbonyl (C=O) groups excluding carboxylic acids is 1. The molecule has 2 heterocycles. The summed E-state index contributed by atoms with van der Waals surface area (Å²) in [4.78, 5) is 16.5. The van der Waals surface area contributed by atoms with Crippen molar-refractivity contribution < 1.29 is 9.90 Å². The second-order valence-electron chi connectivity index (χ2n) is 8.31. The van der Waals surface area contributed by atoms with E-state index in [0.717, 1.165) is 44.3 Å². The lowest BCUT2D eigenvalue weighted by Gasteiger charge is -2.35. The third-order valence-electron chi connectivity index (χ3n) is 6.74. The molecule has 2 fully saturated rings. The standard InChI is InChI=1S/C21H27N3O2.ClH/c25-19-9-13-11-22-10-12(13)8-18(19)24-21(26)16-6-3-5-15-14-4-1-2-7-17(14)23-20(15)16;/h3,5-6,12-13,18-19,22-23,25H,1-2,4,7-11H2,(H,24,26);1H/t12-,13+,18-,19-;/m0./s1. The van der Waals surface area contributed by atoms with Gasteiger partial charge in [0.05, 0.1) is 23.2 Å². The number of halogens is 1. The van der Waals surface area contributed by atoms with Gasteiger partial charge in [-0.15, -0.1) is 12.4 Å². The summed E-state index contributed by atoms with van der Waals surface area (Å²) in [6.45, 7) is 2.00. The summed E-state index contributed by atoms with van der Waals surface area (Å²) >= 11 is 0. The van der Waals surface area contributed by atoms with Gasteiger partial charge in [-0.1, -0.05) is 12.1 Å². The van der Waals surface area contributed by atoms with E-state index in [1.807, 2.05) is 12.1 Å². The Morgan fingerprint density at radius 3 is 2.74 bits per heavy atom. The first-order valence-electron chi connectivity index (χ1n) is 10.0. The van der Waals surface area contributed by atoms with E-state index in [9.17, 15) is 9.90 Å².